The molecular formula is C73H62N2. The molecule has 0 saturated heterocycles. The fourth-order valence-corrected chi connectivity index (χ4v) is 18.3. The van der Waals surface area contributed by atoms with Crippen LogP contribution in [0, 0.1) is 35.0 Å². The molecule has 5 atom stereocenters. The lowest BCUT2D eigenvalue weighted by Crippen LogP contribution is -2.88. The topological polar surface area (TPSA) is 8.17 Å². The summed E-state index contributed by atoms with van der Waals surface area (Å²) in [6, 6.07) is 68.5. The van der Waals surface area contributed by atoms with E-state index in [0.717, 1.165) is 54.5 Å². The Bertz CT molecular complexity index is 3920. The molecule has 5 saturated carbocycles. The van der Waals surface area contributed by atoms with E-state index in [1.165, 1.54) is 140 Å². The van der Waals surface area contributed by atoms with Crippen LogP contribution in [0.1, 0.15) is 98.8 Å². The molecule has 2 heteroatoms. The normalized spacial score (nSPS) is 26.2. The van der Waals surface area contributed by atoms with Crippen LogP contribution in [0.2, 0.25) is 0 Å². The molecule has 5 fully saturated rings. The molecule has 0 radical (unpaired) electrons. The molecule has 8 aromatic carbocycles. The summed E-state index contributed by atoms with van der Waals surface area (Å²) in [5, 5.41) is 2.61. The van der Waals surface area contributed by atoms with Gasteiger partial charge in [-0.1, -0.05) is 183 Å². The maximum Gasteiger partial charge on any atom is 0.0616 e. The van der Waals surface area contributed by atoms with Crippen molar-refractivity contribution >= 4 is 50.6 Å². The zero-order chi connectivity index (χ0) is 49.0. The number of fused-ring (bicyclic) bond motifs is 11. The van der Waals surface area contributed by atoms with Gasteiger partial charge in [0.1, 0.15) is 0 Å². The first kappa shape index (κ1) is 42.9. The Labute approximate surface area is 441 Å². The van der Waals surface area contributed by atoms with Gasteiger partial charge in [-0.05, 0) is 185 Å². The Morgan fingerprint density at radius 1 is 0.520 bits per heavy atom. The summed E-state index contributed by atoms with van der Waals surface area (Å²) >= 11 is 0. The number of benzene rings is 8. The molecule has 5 unspecified atom stereocenters. The maximum absolute atomic E-state index is 2.68. The molecule has 8 aliphatic carbocycles. The Morgan fingerprint density at radius 2 is 1.20 bits per heavy atom. The van der Waals surface area contributed by atoms with Crippen LogP contribution in [0.5, 0.6) is 0 Å². The number of anilines is 3. The van der Waals surface area contributed by atoms with E-state index in [2.05, 4.69) is 216 Å². The molecule has 9 aromatic rings. The van der Waals surface area contributed by atoms with Crippen LogP contribution in [0.4, 0.5) is 17.1 Å². The van der Waals surface area contributed by atoms with Crippen molar-refractivity contribution in [3.8, 4) is 44.5 Å². The van der Waals surface area contributed by atoms with Crippen LogP contribution in [-0.2, 0) is 5.41 Å². The number of hydrogen-bond acceptors (Lipinski definition) is 1. The van der Waals surface area contributed by atoms with Crippen molar-refractivity contribution in [1.29, 1.82) is 0 Å². The number of hydrogen-bond donors (Lipinski definition) is 0. The van der Waals surface area contributed by atoms with E-state index < -0.39 is 0 Å². The third-order valence-electron chi connectivity index (χ3n) is 21.2. The quantitative estimate of drug-likeness (QED) is 0.147. The van der Waals surface area contributed by atoms with Crippen LogP contribution in [0.25, 0.3) is 78.1 Å². The van der Waals surface area contributed by atoms with Gasteiger partial charge in [0, 0.05) is 44.3 Å². The number of nitrogens with zero attached hydrogens (tertiary/aromatic N) is 2. The van der Waals surface area contributed by atoms with Gasteiger partial charge >= 0.3 is 0 Å². The van der Waals surface area contributed by atoms with Gasteiger partial charge in [-0.15, -0.1) is 0 Å². The highest BCUT2D eigenvalue weighted by Gasteiger charge is 2.90. The van der Waals surface area contributed by atoms with E-state index in [1.54, 1.807) is 16.7 Å². The summed E-state index contributed by atoms with van der Waals surface area (Å²) in [4.78, 5) is 2.62. The molecule has 0 N–H and O–H groups in total. The third-order valence-corrected chi connectivity index (χ3v) is 21.2. The highest BCUT2D eigenvalue weighted by atomic mass is 15.1. The lowest BCUT2D eigenvalue weighted by atomic mass is 9.11. The highest BCUT2D eigenvalue weighted by Crippen LogP contribution is 2.95. The standard InChI is InChI=1S/C73H62N2/c1-3-18-46(19-4-1)55-28-15-20-48-21-16-30-61(70(48)55)59-26-9-13-34-66(59)74(53-39-36-47(37-40-53)56-29-17-31-62-60-27-10-14-35-67(60)75(71(56)62)52-22-5-2-6-23-52)65-33-12-8-24-54(65)49-38-41-58-57-25-7-11-32-63(57)73(64(58)42-49)68-44-50-43-51-45-69(73)72(50,51)68/h2,5,7-17,20-22,24-27,29-42,46,50-51,55,68-69H,1,3-4,6,18-19,23,28,43-45H2. The van der Waals surface area contributed by atoms with E-state index in [4.69, 9.17) is 0 Å². The van der Waals surface area contributed by atoms with Crippen molar-refractivity contribution < 1.29 is 0 Å². The molecule has 8 aliphatic rings. The first-order valence-electron chi connectivity index (χ1n) is 28.7. The van der Waals surface area contributed by atoms with Gasteiger partial charge in [0.15, 0.2) is 0 Å². The van der Waals surface area contributed by atoms with Crippen LogP contribution >= 0.6 is 0 Å². The van der Waals surface area contributed by atoms with Gasteiger partial charge in [-0.25, -0.2) is 0 Å². The Hall–Kier alpha value is -7.42. The minimum Gasteiger partial charge on any atom is -0.312 e. The second-order valence-electron chi connectivity index (χ2n) is 23.9. The summed E-state index contributed by atoms with van der Waals surface area (Å²) < 4.78 is 2.55. The van der Waals surface area contributed by atoms with Crippen molar-refractivity contribution in [3.05, 3.63) is 222 Å². The monoisotopic (exact) mass is 966 g/mol. The number of rotatable bonds is 8. The lowest BCUT2D eigenvalue weighted by Gasteiger charge is -2.92. The van der Waals surface area contributed by atoms with Gasteiger partial charge in [0.2, 0.25) is 0 Å². The predicted octanol–water partition coefficient (Wildman–Crippen LogP) is 19.5. The molecule has 0 aliphatic heterocycles. The molecule has 17 rings (SSSR count). The average Bonchev–Trinajstić information content (AvgIpc) is 3.05. The minimum atomic E-state index is 0.154. The Balaban J connectivity index is 0.852. The van der Waals surface area contributed by atoms with E-state index >= 15 is 0 Å². The molecule has 1 heterocycles. The summed E-state index contributed by atoms with van der Waals surface area (Å²) in [7, 11) is 0. The fraction of sp³-hybridized carbons (Fsp3) is 0.260. The Morgan fingerprint density at radius 3 is 2.01 bits per heavy atom. The van der Waals surface area contributed by atoms with Crippen molar-refractivity contribution in [2.75, 3.05) is 4.90 Å². The smallest absolute Gasteiger partial charge is 0.0616 e. The van der Waals surface area contributed by atoms with Gasteiger partial charge in [0.25, 0.3) is 0 Å². The van der Waals surface area contributed by atoms with Gasteiger partial charge in [-0.3, -0.25) is 0 Å². The maximum atomic E-state index is 2.68. The molecule has 364 valence electrons. The van der Waals surface area contributed by atoms with Crippen molar-refractivity contribution in [3.63, 3.8) is 0 Å². The molecule has 75 heavy (non-hydrogen) atoms. The van der Waals surface area contributed by atoms with Gasteiger partial charge in [0.05, 0.1) is 22.4 Å². The van der Waals surface area contributed by atoms with Gasteiger partial charge in [-0.2, -0.15) is 0 Å². The highest BCUT2D eigenvalue weighted by molar-refractivity contribution is 6.14. The molecule has 2 spiro atoms. The number of aromatic nitrogens is 1. The van der Waals surface area contributed by atoms with E-state index in [1.807, 2.05) is 0 Å². The second kappa shape index (κ2) is 16.0. The lowest BCUT2D eigenvalue weighted by molar-refractivity contribution is -0.412. The summed E-state index contributed by atoms with van der Waals surface area (Å²) in [5.74, 6) is 4.77. The fourth-order valence-electron chi connectivity index (χ4n) is 18.3. The van der Waals surface area contributed by atoms with E-state index in [-0.39, 0.29) is 5.41 Å². The van der Waals surface area contributed by atoms with Crippen molar-refractivity contribution in [1.82, 2.24) is 4.57 Å². The third kappa shape index (κ3) is 5.66. The van der Waals surface area contributed by atoms with Crippen LogP contribution in [0.15, 0.2) is 200 Å². The van der Waals surface area contributed by atoms with E-state index in [9.17, 15) is 0 Å². The van der Waals surface area contributed by atoms with Crippen LogP contribution in [0.3, 0.4) is 0 Å². The number of allylic oxidation sites excluding steroid dienone is 5. The zero-order valence-corrected chi connectivity index (χ0v) is 42.8. The summed E-state index contributed by atoms with van der Waals surface area (Å²) in [5.41, 5.74) is 25.3. The second-order valence-corrected chi connectivity index (χ2v) is 23.9. The molecule has 0 amide bonds. The SMILES string of the molecule is C1=CCCC(n2c3ccccc3c3cccc(-c4ccc(N(c5ccccc5-c5ccc6c(c5)C5(c7ccccc7-6)C6CC7CC8CC5C786)c5ccccc5-c5cccc6c5C(C5CCCCC5)CC=C6)cc4)c32)=C1. The zero-order valence-electron chi connectivity index (χ0n) is 42.8. The minimum absolute atomic E-state index is 0.154. The molecule has 2 nitrogen and oxygen atoms in total. The predicted molar refractivity (Wildman–Crippen MR) is 313 cm³/mol. The summed E-state index contributed by atoms with van der Waals surface area (Å²) in [6.45, 7) is 0. The summed E-state index contributed by atoms with van der Waals surface area (Å²) in [6.07, 6.45) is 26.0. The first-order valence-corrected chi connectivity index (χ1v) is 28.7. The van der Waals surface area contributed by atoms with Crippen molar-refractivity contribution in [2.24, 2.45) is 35.0 Å². The molecule has 0 bridgehead atoms. The van der Waals surface area contributed by atoms with E-state index in [0.29, 0.717) is 11.3 Å². The molecular weight excluding hydrogens is 905 g/mol. The first-order chi connectivity index (χ1) is 37.2. The van der Waals surface area contributed by atoms with Crippen LogP contribution < -0.4 is 4.90 Å². The largest absolute Gasteiger partial charge is 0.312 e. The van der Waals surface area contributed by atoms with Gasteiger partial charge < -0.3 is 9.47 Å². The Kier molecular flexibility index (Phi) is 9.18. The number of para-hydroxylation sites is 4. The molecule has 1 aromatic heterocycles. The average molecular weight is 967 g/mol. The van der Waals surface area contributed by atoms with Crippen molar-refractivity contribution in [2.45, 2.75) is 82.0 Å². The van der Waals surface area contributed by atoms with Crippen LogP contribution in [-0.4, -0.2) is 4.57 Å².